The summed E-state index contributed by atoms with van der Waals surface area (Å²) in [5.41, 5.74) is 0.359. The van der Waals surface area contributed by atoms with Crippen molar-refractivity contribution in [2.75, 3.05) is 13.2 Å². The van der Waals surface area contributed by atoms with Gasteiger partial charge in [-0.15, -0.1) is 0 Å². The molecule has 1 N–H and O–H groups in total. The third-order valence-electron chi connectivity index (χ3n) is 2.49. The Hall–Kier alpha value is -1.20. The monoisotopic (exact) mass is 227 g/mol. The fourth-order valence-electron chi connectivity index (χ4n) is 1.66. The van der Waals surface area contributed by atoms with Gasteiger partial charge in [0.25, 0.3) is 0 Å². The van der Waals surface area contributed by atoms with Gasteiger partial charge < -0.3 is 14.6 Å². The Kier molecular flexibility index (Phi) is 3.69. The van der Waals surface area contributed by atoms with Crippen molar-refractivity contribution >= 4 is 0 Å². The van der Waals surface area contributed by atoms with Crippen LogP contribution in [0.3, 0.4) is 0 Å². The highest BCUT2D eigenvalue weighted by molar-refractivity contribution is 5.25. The van der Waals surface area contributed by atoms with Gasteiger partial charge in [0.05, 0.1) is 18.9 Å². The van der Waals surface area contributed by atoms with E-state index in [2.05, 4.69) is 4.98 Å². The van der Waals surface area contributed by atoms with Crippen LogP contribution in [0.1, 0.15) is 18.4 Å². The molecule has 0 aromatic carbocycles. The maximum Gasteiger partial charge on any atom is 0.219 e. The standard InChI is InChI=1S/C11H14FNO3/c12-9-4-8(6-14)11(13-5-9)16-7-10-2-1-3-15-10/h4-5,10,14H,1-3,6-7H2. The second-order valence-corrected chi connectivity index (χ2v) is 3.72. The molecule has 1 aromatic rings. The number of rotatable bonds is 4. The highest BCUT2D eigenvalue weighted by Gasteiger charge is 2.17. The van der Waals surface area contributed by atoms with Crippen LogP contribution in [0.5, 0.6) is 5.88 Å². The molecular weight excluding hydrogens is 213 g/mol. The van der Waals surface area contributed by atoms with Crippen molar-refractivity contribution in [3.8, 4) is 5.88 Å². The van der Waals surface area contributed by atoms with Gasteiger partial charge in [-0.1, -0.05) is 0 Å². The van der Waals surface area contributed by atoms with Crippen LogP contribution in [0.2, 0.25) is 0 Å². The Labute approximate surface area is 93.0 Å². The number of aliphatic hydroxyl groups is 1. The fraction of sp³-hybridized carbons (Fsp3) is 0.545. The molecule has 1 fully saturated rings. The van der Waals surface area contributed by atoms with Gasteiger partial charge in [-0.3, -0.25) is 0 Å². The predicted molar refractivity (Wildman–Crippen MR) is 54.6 cm³/mol. The molecule has 1 atom stereocenters. The second kappa shape index (κ2) is 5.23. The molecule has 1 saturated heterocycles. The van der Waals surface area contributed by atoms with E-state index in [4.69, 9.17) is 14.6 Å². The Morgan fingerprint density at radius 3 is 3.19 bits per heavy atom. The Bertz CT molecular complexity index is 353. The number of nitrogens with zero attached hydrogens (tertiary/aromatic N) is 1. The van der Waals surface area contributed by atoms with Crippen molar-refractivity contribution in [2.24, 2.45) is 0 Å². The van der Waals surface area contributed by atoms with Crippen LogP contribution >= 0.6 is 0 Å². The largest absolute Gasteiger partial charge is 0.475 e. The number of aromatic nitrogens is 1. The van der Waals surface area contributed by atoms with Crippen LogP contribution in [0, 0.1) is 5.82 Å². The van der Waals surface area contributed by atoms with Gasteiger partial charge in [-0.25, -0.2) is 9.37 Å². The summed E-state index contributed by atoms with van der Waals surface area (Å²) in [6.07, 6.45) is 3.16. The summed E-state index contributed by atoms with van der Waals surface area (Å²) < 4.78 is 23.6. The lowest BCUT2D eigenvalue weighted by Gasteiger charge is -2.12. The highest BCUT2D eigenvalue weighted by atomic mass is 19.1. The summed E-state index contributed by atoms with van der Waals surface area (Å²) in [7, 11) is 0. The van der Waals surface area contributed by atoms with Crippen LogP contribution in [-0.4, -0.2) is 29.4 Å². The molecule has 88 valence electrons. The number of aliphatic hydroxyl groups excluding tert-OH is 1. The van der Waals surface area contributed by atoms with E-state index < -0.39 is 5.82 Å². The molecule has 0 saturated carbocycles. The molecular formula is C11H14FNO3. The zero-order valence-corrected chi connectivity index (χ0v) is 8.86. The van der Waals surface area contributed by atoms with Crippen LogP contribution in [0.25, 0.3) is 0 Å². The molecule has 0 radical (unpaired) electrons. The maximum atomic E-state index is 12.8. The Morgan fingerprint density at radius 1 is 1.62 bits per heavy atom. The van der Waals surface area contributed by atoms with E-state index in [1.54, 1.807) is 0 Å². The van der Waals surface area contributed by atoms with Crippen molar-refractivity contribution in [2.45, 2.75) is 25.6 Å². The summed E-state index contributed by atoms with van der Waals surface area (Å²) in [6, 6.07) is 1.22. The average Bonchev–Trinajstić information content (AvgIpc) is 2.80. The molecule has 1 unspecified atom stereocenters. The second-order valence-electron chi connectivity index (χ2n) is 3.72. The lowest BCUT2D eigenvalue weighted by atomic mass is 10.2. The predicted octanol–water partition coefficient (Wildman–Crippen LogP) is 1.27. The van der Waals surface area contributed by atoms with Crippen LogP contribution in [-0.2, 0) is 11.3 Å². The van der Waals surface area contributed by atoms with Gasteiger partial charge in [0.15, 0.2) is 0 Å². The summed E-state index contributed by atoms with van der Waals surface area (Å²) in [4.78, 5) is 3.80. The van der Waals surface area contributed by atoms with Crippen LogP contribution in [0.15, 0.2) is 12.3 Å². The molecule has 0 amide bonds. The van der Waals surface area contributed by atoms with Crippen molar-refractivity contribution in [3.63, 3.8) is 0 Å². The molecule has 1 aliphatic rings. The summed E-state index contributed by atoms with van der Waals surface area (Å²) in [6.45, 7) is 0.870. The minimum absolute atomic E-state index is 0.0818. The number of hydrogen-bond acceptors (Lipinski definition) is 4. The third kappa shape index (κ3) is 2.68. The van der Waals surface area contributed by atoms with E-state index >= 15 is 0 Å². The molecule has 1 aromatic heterocycles. The van der Waals surface area contributed by atoms with Gasteiger partial charge in [-0.2, -0.15) is 0 Å². The van der Waals surface area contributed by atoms with Gasteiger partial charge in [0.1, 0.15) is 12.4 Å². The van der Waals surface area contributed by atoms with Gasteiger partial charge >= 0.3 is 0 Å². The van der Waals surface area contributed by atoms with Crippen LogP contribution < -0.4 is 4.74 Å². The minimum atomic E-state index is -0.478. The molecule has 4 nitrogen and oxygen atoms in total. The van der Waals surface area contributed by atoms with E-state index in [-0.39, 0.29) is 18.6 Å². The normalized spacial score (nSPS) is 20.0. The number of halogens is 1. The lowest BCUT2D eigenvalue weighted by Crippen LogP contribution is -2.17. The Morgan fingerprint density at radius 2 is 2.50 bits per heavy atom. The molecule has 0 spiro atoms. The summed E-state index contributed by atoms with van der Waals surface area (Å²) in [5.74, 6) is -0.201. The third-order valence-corrected chi connectivity index (χ3v) is 2.49. The molecule has 5 heteroatoms. The van der Waals surface area contributed by atoms with Gasteiger partial charge in [0, 0.05) is 12.2 Å². The summed E-state index contributed by atoms with van der Waals surface area (Å²) >= 11 is 0. The zero-order chi connectivity index (χ0) is 11.4. The number of hydrogen-bond donors (Lipinski definition) is 1. The van der Waals surface area contributed by atoms with Crippen molar-refractivity contribution in [3.05, 3.63) is 23.6 Å². The fourth-order valence-corrected chi connectivity index (χ4v) is 1.66. The first-order valence-corrected chi connectivity index (χ1v) is 5.29. The van der Waals surface area contributed by atoms with Crippen molar-refractivity contribution in [1.82, 2.24) is 4.98 Å². The topological polar surface area (TPSA) is 51.6 Å². The van der Waals surface area contributed by atoms with Gasteiger partial charge in [-0.05, 0) is 18.9 Å². The maximum absolute atomic E-state index is 12.8. The average molecular weight is 227 g/mol. The van der Waals surface area contributed by atoms with E-state index in [0.29, 0.717) is 12.2 Å². The van der Waals surface area contributed by atoms with E-state index in [9.17, 15) is 4.39 Å². The van der Waals surface area contributed by atoms with Gasteiger partial charge in [0.2, 0.25) is 5.88 Å². The van der Waals surface area contributed by atoms with E-state index in [1.807, 2.05) is 0 Å². The first-order chi connectivity index (χ1) is 7.79. The zero-order valence-electron chi connectivity index (χ0n) is 8.86. The SMILES string of the molecule is OCc1cc(F)cnc1OCC1CCCO1. The summed E-state index contributed by atoms with van der Waals surface area (Å²) in [5, 5.41) is 9.02. The molecule has 0 bridgehead atoms. The lowest BCUT2D eigenvalue weighted by molar-refractivity contribution is 0.0653. The molecule has 0 aliphatic carbocycles. The first-order valence-electron chi connectivity index (χ1n) is 5.29. The van der Waals surface area contributed by atoms with Crippen molar-refractivity contribution in [1.29, 1.82) is 0 Å². The molecule has 16 heavy (non-hydrogen) atoms. The molecule has 2 rings (SSSR count). The minimum Gasteiger partial charge on any atom is -0.475 e. The van der Waals surface area contributed by atoms with E-state index in [1.165, 1.54) is 6.07 Å². The van der Waals surface area contributed by atoms with Crippen LogP contribution in [0.4, 0.5) is 4.39 Å². The number of ether oxygens (including phenoxy) is 2. The Balaban J connectivity index is 1.97. The van der Waals surface area contributed by atoms with E-state index in [0.717, 1.165) is 25.6 Å². The molecule has 2 heterocycles. The highest BCUT2D eigenvalue weighted by Crippen LogP contribution is 2.18. The van der Waals surface area contributed by atoms with Crippen molar-refractivity contribution < 1.29 is 19.0 Å². The number of pyridine rings is 1. The molecule has 1 aliphatic heterocycles. The quantitative estimate of drug-likeness (QED) is 0.841. The smallest absolute Gasteiger partial charge is 0.219 e. The first kappa shape index (κ1) is 11.3.